The molecule has 136 valence electrons. The number of nitrogens with one attached hydrogen (secondary N) is 1. The van der Waals surface area contributed by atoms with Crippen molar-refractivity contribution in [2.45, 2.75) is 39.2 Å². The van der Waals surface area contributed by atoms with Gasteiger partial charge in [0.1, 0.15) is 11.4 Å². The molecular formula is C20H27NO4. The Kier molecular flexibility index (Phi) is 7.15. The molecule has 0 bridgehead atoms. The lowest BCUT2D eigenvalue weighted by molar-refractivity contribution is 0.0497. The lowest BCUT2D eigenvalue weighted by Crippen LogP contribution is -2.32. The first-order valence-electron chi connectivity index (χ1n) is 8.69. The lowest BCUT2D eigenvalue weighted by atomic mass is 10.0. The maximum Gasteiger partial charge on any atom is 0.408 e. The van der Waals surface area contributed by atoms with Gasteiger partial charge in [0, 0.05) is 18.8 Å². The Bertz CT molecular complexity index is 619. The molecule has 0 unspecified atom stereocenters. The van der Waals surface area contributed by atoms with Crippen LogP contribution >= 0.6 is 0 Å². The number of carbonyl (C=O) groups is 1. The van der Waals surface area contributed by atoms with E-state index in [9.17, 15) is 4.79 Å². The molecule has 1 amide bonds. The average Bonchev–Trinajstić information content (AvgIpc) is 2.57. The Labute approximate surface area is 150 Å². The topological polar surface area (TPSA) is 56.8 Å². The highest BCUT2D eigenvalue weighted by Gasteiger charge is 2.15. The second-order valence-corrected chi connectivity index (χ2v) is 7.05. The van der Waals surface area contributed by atoms with Crippen LogP contribution in [0.25, 0.3) is 0 Å². The molecule has 25 heavy (non-hydrogen) atoms. The highest BCUT2D eigenvalue weighted by atomic mass is 16.6. The van der Waals surface area contributed by atoms with Gasteiger partial charge in [-0.2, -0.15) is 0 Å². The molecule has 1 fully saturated rings. The van der Waals surface area contributed by atoms with Gasteiger partial charge in [0.15, 0.2) is 0 Å². The van der Waals surface area contributed by atoms with E-state index in [0.29, 0.717) is 12.5 Å². The average molecular weight is 345 g/mol. The molecule has 1 heterocycles. The maximum atomic E-state index is 11.5. The smallest absolute Gasteiger partial charge is 0.408 e. The van der Waals surface area contributed by atoms with E-state index in [1.54, 1.807) is 0 Å². The van der Waals surface area contributed by atoms with Crippen molar-refractivity contribution in [3.63, 3.8) is 0 Å². The molecule has 1 aromatic carbocycles. The van der Waals surface area contributed by atoms with Crippen LogP contribution in [0.1, 0.15) is 39.2 Å². The second kappa shape index (κ2) is 9.33. The first kappa shape index (κ1) is 19.1. The van der Waals surface area contributed by atoms with Gasteiger partial charge in [0.2, 0.25) is 0 Å². The lowest BCUT2D eigenvalue weighted by Gasteiger charge is -2.22. The number of benzene rings is 1. The normalized spacial score (nSPS) is 15.0. The predicted octanol–water partition coefficient (Wildman–Crippen LogP) is 3.37. The van der Waals surface area contributed by atoms with Crippen LogP contribution in [0.4, 0.5) is 4.79 Å². The molecule has 0 saturated carbocycles. The summed E-state index contributed by atoms with van der Waals surface area (Å²) in [6.07, 6.45) is 1.64. The third-order valence-corrected chi connectivity index (χ3v) is 3.61. The molecule has 2 rings (SSSR count). The first-order valence-corrected chi connectivity index (χ1v) is 8.69. The monoisotopic (exact) mass is 345 g/mol. The molecule has 1 saturated heterocycles. The van der Waals surface area contributed by atoms with E-state index in [-0.39, 0.29) is 6.54 Å². The third-order valence-electron chi connectivity index (χ3n) is 3.61. The standard InChI is InChI=1S/C20H27NO4/c1-20(2,3)25-19(22)21-11-5-7-16-6-4-8-18(14-16)24-15-17-9-12-23-13-10-17/h4,6,8,14,17H,9-13,15H2,1-3H3,(H,21,22). The summed E-state index contributed by atoms with van der Waals surface area (Å²) in [5, 5.41) is 2.61. The molecule has 5 heteroatoms. The van der Waals surface area contributed by atoms with Gasteiger partial charge in [0.05, 0.1) is 13.2 Å². The van der Waals surface area contributed by atoms with Crippen molar-refractivity contribution in [1.82, 2.24) is 5.32 Å². The fraction of sp³-hybridized carbons (Fsp3) is 0.550. The zero-order valence-electron chi connectivity index (χ0n) is 15.3. The SMILES string of the molecule is CC(C)(C)OC(=O)NCC#Cc1cccc(OCC2CCOCC2)c1. The summed E-state index contributed by atoms with van der Waals surface area (Å²) in [6.45, 7) is 8.06. The molecular weight excluding hydrogens is 318 g/mol. The molecule has 5 nitrogen and oxygen atoms in total. The van der Waals surface area contributed by atoms with Gasteiger partial charge in [-0.25, -0.2) is 4.79 Å². The molecule has 1 N–H and O–H groups in total. The summed E-state index contributed by atoms with van der Waals surface area (Å²) in [7, 11) is 0. The van der Waals surface area contributed by atoms with E-state index >= 15 is 0 Å². The number of hydrogen-bond acceptors (Lipinski definition) is 4. The number of alkyl carbamates (subject to hydrolysis) is 1. The Morgan fingerprint density at radius 1 is 1.32 bits per heavy atom. The molecule has 1 aliphatic heterocycles. The van der Waals surface area contributed by atoms with Crippen LogP contribution in [0, 0.1) is 17.8 Å². The van der Waals surface area contributed by atoms with E-state index in [1.165, 1.54) is 0 Å². The maximum absolute atomic E-state index is 11.5. The van der Waals surface area contributed by atoms with E-state index in [4.69, 9.17) is 14.2 Å². The Hall–Kier alpha value is -2.19. The largest absolute Gasteiger partial charge is 0.493 e. The summed E-state index contributed by atoms with van der Waals surface area (Å²) in [4.78, 5) is 11.5. The zero-order valence-corrected chi connectivity index (χ0v) is 15.3. The summed E-state index contributed by atoms with van der Waals surface area (Å²) in [5.74, 6) is 7.31. The van der Waals surface area contributed by atoms with Crippen molar-refractivity contribution in [2.24, 2.45) is 5.92 Å². The van der Waals surface area contributed by atoms with Crippen LogP contribution in [0.3, 0.4) is 0 Å². The highest BCUT2D eigenvalue weighted by molar-refractivity contribution is 5.68. The van der Waals surface area contributed by atoms with Crippen LogP contribution in [-0.4, -0.2) is 38.1 Å². The van der Waals surface area contributed by atoms with Crippen molar-refractivity contribution < 1.29 is 19.0 Å². The number of rotatable bonds is 4. The quantitative estimate of drug-likeness (QED) is 0.850. The van der Waals surface area contributed by atoms with Gasteiger partial charge in [-0.05, 0) is 57.7 Å². The van der Waals surface area contributed by atoms with E-state index in [0.717, 1.165) is 37.4 Å². The molecule has 0 atom stereocenters. The van der Waals surface area contributed by atoms with Crippen LogP contribution < -0.4 is 10.1 Å². The van der Waals surface area contributed by atoms with Gasteiger partial charge in [-0.1, -0.05) is 17.9 Å². The highest BCUT2D eigenvalue weighted by Crippen LogP contribution is 2.18. The Balaban J connectivity index is 1.78. The van der Waals surface area contributed by atoms with Crippen molar-refractivity contribution in [3.8, 4) is 17.6 Å². The summed E-state index contributed by atoms with van der Waals surface area (Å²) < 4.78 is 16.4. The number of hydrogen-bond donors (Lipinski definition) is 1. The Morgan fingerprint density at radius 2 is 2.08 bits per heavy atom. The zero-order chi connectivity index (χ0) is 18.1. The van der Waals surface area contributed by atoms with Crippen LogP contribution in [0.2, 0.25) is 0 Å². The van der Waals surface area contributed by atoms with Crippen molar-refractivity contribution in [2.75, 3.05) is 26.4 Å². The third kappa shape index (κ3) is 7.95. The minimum atomic E-state index is -0.506. The first-order chi connectivity index (χ1) is 11.9. The van der Waals surface area contributed by atoms with Crippen LogP contribution in [0.5, 0.6) is 5.75 Å². The number of carbonyl (C=O) groups excluding carboxylic acids is 1. The van der Waals surface area contributed by atoms with E-state index in [1.807, 2.05) is 45.0 Å². The second-order valence-electron chi connectivity index (χ2n) is 7.05. The van der Waals surface area contributed by atoms with Gasteiger partial charge in [-0.15, -0.1) is 0 Å². The van der Waals surface area contributed by atoms with Crippen LogP contribution in [0.15, 0.2) is 24.3 Å². The summed E-state index contributed by atoms with van der Waals surface area (Å²) >= 11 is 0. The van der Waals surface area contributed by atoms with E-state index in [2.05, 4.69) is 17.2 Å². The molecule has 1 aliphatic rings. The van der Waals surface area contributed by atoms with Gasteiger partial charge in [-0.3, -0.25) is 0 Å². The van der Waals surface area contributed by atoms with Crippen molar-refractivity contribution >= 4 is 6.09 Å². The number of amides is 1. The van der Waals surface area contributed by atoms with E-state index < -0.39 is 11.7 Å². The molecule has 0 aliphatic carbocycles. The van der Waals surface area contributed by atoms with Gasteiger partial charge >= 0.3 is 6.09 Å². The fourth-order valence-electron chi connectivity index (χ4n) is 2.37. The van der Waals surface area contributed by atoms with Crippen LogP contribution in [-0.2, 0) is 9.47 Å². The molecule has 0 radical (unpaired) electrons. The van der Waals surface area contributed by atoms with Gasteiger partial charge < -0.3 is 19.5 Å². The minimum Gasteiger partial charge on any atom is -0.493 e. The fourth-order valence-corrected chi connectivity index (χ4v) is 2.37. The minimum absolute atomic E-state index is 0.238. The predicted molar refractivity (Wildman–Crippen MR) is 96.6 cm³/mol. The molecule has 0 spiro atoms. The molecule has 0 aromatic heterocycles. The summed E-state index contributed by atoms with van der Waals surface area (Å²) in [5.41, 5.74) is 0.351. The number of ether oxygens (including phenoxy) is 3. The Morgan fingerprint density at radius 3 is 2.80 bits per heavy atom. The van der Waals surface area contributed by atoms with Crippen molar-refractivity contribution in [3.05, 3.63) is 29.8 Å². The summed E-state index contributed by atoms with van der Waals surface area (Å²) in [6, 6.07) is 7.69. The van der Waals surface area contributed by atoms with Crippen molar-refractivity contribution in [1.29, 1.82) is 0 Å². The van der Waals surface area contributed by atoms with Gasteiger partial charge in [0.25, 0.3) is 0 Å². The molecule has 1 aromatic rings.